The van der Waals surface area contributed by atoms with Crippen LogP contribution in [-0.4, -0.2) is 19.2 Å². The molecule has 0 spiro atoms. The highest BCUT2D eigenvalue weighted by Crippen LogP contribution is 2.39. The Hall–Kier alpha value is -2.17. The van der Waals surface area contributed by atoms with Crippen LogP contribution in [0.4, 0.5) is 0 Å². The van der Waals surface area contributed by atoms with Gasteiger partial charge >= 0.3 is 0 Å². The third-order valence-corrected chi connectivity index (χ3v) is 5.10. The zero-order valence-electron chi connectivity index (χ0n) is 17.0. The second-order valence-corrected chi connectivity index (χ2v) is 8.36. The van der Waals surface area contributed by atoms with E-state index in [0.717, 1.165) is 42.6 Å². The molecular formula is C24H30O4. The summed E-state index contributed by atoms with van der Waals surface area (Å²) in [5.41, 5.74) is 0.738. The lowest BCUT2D eigenvalue weighted by molar-refractivity contribution is -0.205. The maximum Gasteiger partial charge on any atom is 0.158 e. The van der Waals surface area contributed by atoms with Crippen LogP contribution in [0.2, 0.25) is 0 Å². The van der Waals surface area contributed by atoms with E-state index in [-0.39, 0.29) is 23.7 Å². The van der Waals surface area contributed by atoms with E-state index >= 15 is 0 Å². The summed E-state index contributed by atoms with van der Waals surface area (Å²) in [7, 11) is 0. The molecule has 1 heterocycles. The van der Waals surface area contributed by atoms with E-state index in [1.54, 1.807) is 0 Å². The number of hydrogen-bond donors (Lipinski definition) is 0. The normalized spacial score (nSPS) is 19.6. The van der Waals surface area contributed by atoms with Crippen molar-refractivity contribution in [2.45, 2.75) is 52.4 Å². The van der Waals surface area contributed by atoms with Crippen LogP contribution in [0.25, 0.3) is 0 Å². The van der Waals surface area contributed by atoms with Crippen LogP contribution < -0.4 is 4.74 Å². The molecule has 1 aliphatic rings. The standard InChI is InChI=1S/C24H30O4/c1-24(2,3)21(17-25)23(28-22-11-7-8-16-26-22)18-12-14-20(15-13-18)27-19-9-5-4-6-10-19/h4-6,9-10,12-15,17,21-23H,7-8,11,16H2,1-3H3/t21?,22?,23-/m1/s1. The zero-order chi connectivity index (χ0) is 20.0. The van der Waals surface area contributed by atoms with E-state index < -0.39 is 0 Å². The maximum absolute atomic E-state index is 12.0. The van der Waals surface area contributed by atoms with E-state index in [1.807, 2.05) is 54.6 Å². The van der Waals surface area contributed by atoms with Gasteiger partial charge in [-0.2, -0.15) is 0 Å². The number of ether oxygens (including phenoxy) is 3. The van der Waals surface area contributed by atoms with Gasteiger partial charge in [-0.25, -0.2) is 0 Å². The Kier molecular flexibility index (Phi) is 6.87. The number of rotatable bonds is 7. The van der Waals surface area contributed by atoms with Crippen LogP contribution in [0, 0.1) is 11.3 Å². The second kappa shape index (κ2) is 9.35. The van der Waals surface area contributed by atoms with Crippen LogP contribution in [0.3, 0.4) is 0 Å². The summed E-state index contributed by atoms with van der Waals surface area (Å²) >= 11 is 0. The van der Waals surface area contributed by atoms with Gasteiger partial charge < -0.3 is 19.0 Å². The molecule has 3 atom stereocenters. The summed E-state index contributed by atoms with van der Waals surface area (Å²) in [4.78, 5) is 12.0. The van der Waals surface area contributed by atoms with Crippen LogP contribution in [-0.2, 0) is 14.3 Å². The molecule has 0 saturated carbocycles. The lowest BCUT2D eigenvalue weighted by atomic mass is 9.76. The third kappa shape index (κ3) is 5.43. The topological polar surface area (TPSA) is 44.8 Å². The molecule has 0 N–H and O–H groups in total. The summed E-state index contributed by atoms with van der Waals surface area (Å²) in [6, 6.07) is 17.5. The first kappa shape index (κ1) is 20.6. The average molecular weight is 382 g/mol. The molecule has 2 unspecified atom stereocenters. The molecule has 2 aromatic rings. The monoisotopic (exact) mass is 382 g/mol. The second-order valence-electron chi connectivity index (χ2n) is 8.36. The van der Waals surface area contributed by atoms with E-state index in [0.29, 0.717) is 6.61 Å². The van der Waals surface area contributed by atoms with Crippen molar-refractivity contribution in [3.63, 3.8) is 0 Å². The molecule has 0 amide bonds. The summed E-state index contributed by atoms with van der Waals surface area (Å²) in [6.07, 6.45) is 3.41. The van der Waals surface area contributed by atoms with Gasteiger partial charge in [0.15, 0.2) is 6.29 Å². The lowest BCUT2D eigenvalue weighted by Crippen LogP contribution is -2.34. The minimum Gasteiger partial charge on any atom is -0.457 e. The Bertz CT molecular complexity index is 727. The largest absolute Gasteiger partial charge is 0.457 e. The van der Waals surface area contributed by atoms with Crippen molar-refractivity contribution < 1.29 is 19.0 Å². The van der Waals surface area contributed by atoms with Gasteiger partial charge in [-0.3, -0.25) is 0 Å². The Labute approximate surface area is 167 Å². The fourth-order valence-electron chi connectivity index (χ4n) is 3.43. The molecule has 1 aliphatic heterocycles. The van der Waals surface area contributed by atoms with Gasteiger partial charge in [-0.15, -0.1) is 0 Å². The minimum atomic E-state index is -0.355. The summed E-state index contributed by atoms with van der Waals surface area (Å²) in [6.45, 7) is 6.91. The molecule has 2 aromatic carbocycles. The van der Waals surface area contributed by atoms with Crippen molar-refractivity contribution in [3.05, 3.63) is 60.2 Å². The fourth-order valence-corrected chi connectivity index (χ4v) is 3.43. The minimum absolute atomic E-state index is 0.222. The van der Waals surface area contributed by atoms with E-state index in [2.05, 4.69) is 20.8 Å². The van der Waals surface area contributed by atoms with Crippen molar-refractivity contribution in [2.24, 2.45) is 11.3 Å². The van der Waals surface area contributed by atoms with E-state index in [4.69, 9.17) is 14.2 Å². The number of para-hydroxylation sites is 1. The highest BCUT2D eigenvalue weighted by Gasteiger charge is 2.36. The van der Waals surface area contributed by atoms with Crippen molar-refractivity contribution in [1.82, 2.24) is 0 Å². The van der Waals surface area contributed by atoms with Crippen LogP contribution in [0.15, 0.2) is 54.6 Å². The zero-order valence-corrected chi connectivity index (χ0v) is 17.0. The van der Waals surface area contributed by atoms with Crippen molar-refractivity contribution in [1.29, 1.82) is 0 Å². The Balaban J connectivity index is 1.81. The number of carbonyl (C=O) groups excluding carboxylic acids is 1. The first-order valence-electron chi connectivity index (χ1n) is 10.0. The number of carbonyl (C=O) groups is 1. The Morgan fingerprint density at radius 1 is 1.00 bits per heavy atom. The number of hydrogen-bond acceptors (Lipinski definition) is 4. The highest BCUT2D eigenvalue weighted by atomic mass is 16.7. The SMILES string of the molecule is CC(C)(C)C(C=O)[C@H](OC1CCCCO1)c1ccc(Oc2ccccc2)cc1. The van der Waals surface area contributed by atoms with Crippen LogP contribution >= 0.6 is 0 Å². The Morgan fingerprint density at radius 3 is 2.25 bits per heavy atom. The molecule has 0 radical (unpaired) electrons. The lowest BCUT2D eigenvalue weighted by Gasteiger charge is -2.36. The summed E-state index contributed by atoms with van der Waals surface area (Å²) in [5.74, 6) is 1.26. The molecule has 0 bridgehead atoms. The van der Waals surface area contributed by atoms with E-state index in [9.17, 15) is 4.79 Å². The van der Waals surface area contributed by atoms with Gasteiger partial charge in [-0.05, 0) is 54.5 Å². The highest BCUT2D eigenvalue weighted by molar-refractivity contribution is 5.57. The molecule has 1 saturated heterocycles. The number of aldehydes is 1. The summed E-state index contributed by atoms with van der Waals surface area (Å²) in [5, 5.41) is 0. The molecule has 0 aromatic heterocycles. The maximum atomic E-state index is 12.0. The third-order valence-electron chi connectivity index (χ3n) is 5.10. The van der Waals surface area contributed by atoms with Crippen LogP contribution in [0.1, 0.15) is 51.7 Å². The molecular weight excluding hydrogens is 352 g/mol. The molecule has 1 fully saturated rings. The molecule has 4 nitrogen and oxygen atoms in total. The first-order chi connectivity index (χ1) is 13.5. The number of benzene rings is 2. The Morgan fingerprint density at radius 2 is 1.68 bits per heavy atom. The van der Waals surface area contributed by atoms with Crippen molar-refractivity contribution >= 4 is 6.29 Å². The predicted molar refractivity (Wildman–Crippen MR) is 109 cm³/mol. The smallest absolute Gasteiger partial charge is 0.158 e. The molecule has 3 rings (SSSR count). The summed E-state index contributed by atoms with van der Waals surface area (Å²) < 4.78 is 18.0. The van der Waals surface area contributed by atoms with Crippen molar-refractivity contribution in [3.8, 4) is 11.5 Å². The molecule has 0 aliphatic carbocycles. The van der Waals surface area contributed by atoms with Gasteiger partial charge in [-0.1, -0.05) is 51.1 Å². The predicted octanol–water partition coefficient (Wildman–Crippen LogP) is 5.92. The van der Waals surface area contributed by atoms with Crippen LogP contribution in [0.5, 0.6) is 11.5 Å². The fraction of sp³-hybridized carbons (Fsp3) is 0.458. The quantitative estimate of drug-likeness (QED) is 0.557. The van der Waals surface area contributed by atoms with Gasteiger partial charge in [0.2, 0.25) is 0 Å². The first-order valence-corrected chi connectivity index (χ1v) is 10.0. The van der Waals surface area contributed by atoms with Gasteiger partial charge in [0.25, 0.3) is 0 Å². The van der Waals surface area contributed by atoms with Crippen molar-refractivity contribution in [2.75, 3.05) is 6.61 Å². The van der Waals surface area contributed by atoms with Gasteiger partial charge in [0, 0.05) is 6.61 Å². The van der Waals surface area contributed by atoms with Gasteiger partial charge in [0.1, 0.15) is 17.8 Å². The molecule has 150 valence electrons. The average Bonchev–Trinajstić information content (AvgIpc) is 2.69. The molecule has 4 heteroatoms. The molecule has 28 heavy (non-hydrogen) atoms. The van der Waals surface area contributed by atoms with E-state index in [1.165, 1.54) is 0 Å². The van der Waals surface area contributed by atoms with Gasteiger partial charge in [0.05, 0.1) is 12.0 Å².